The molecule has 3 aromatic rings. The third-order valence-corrected chi connectivity index (χ3v) is 5.04. The maximum absolute atomic E-state index is 13.1. The summed E-state index contributed by atoms with van der Waals surface area (Å²) in [5, 5.41) is 5.36. The Morgan fingerprint density at radius 2 is 2.00 bits per heavy atom. The van der Waals surface area contributed by atoms with Crippen LogP contribution in [-0.2, 0) is 9.53 Å². The van der Waals surface area contributed by atoms with Gasteiger partial charge in [0.1, 0.15) is 10.7 Å². The van der Waals surface area contributed by atoms with E-state index in [-0.39, 0.29) is 21.3 Å². The molecule has 0 aliphatic carbocycles. The van der Waals surface area contributed by atoms with Crippen LogP contribution in [0.1, 0.15) is 25.8 Å². The monoisotopic (exact) mass is 436 g/mol. The summed E-state index contributed by atoms with van der Waals surface area (Å²) >= 11 is 6.66. The summed E-state index contributed by atoms with van der Waals surface area (Å²) in [6, 6.07) is 8.40. The fourth-order valence-electron chi connectivity index (χ4n) is 2.30. The van der Waals surface area contributed by atoms with E-state index in [0.717, 1.165) is 17.4 Å². The van der Waals surface area contributed by atoms with Gasteiger partial charge in [-0.25, -0.2) is 9.18 Å². The van der Waals surface area contributed by atoms with Crippen LogP contribution in [0.15, 0.2) is 47.1 Å². The highest BCUT2D eigenvalue weighted by Gasteiger charge is 2.18. The lowest BCUT2D eigenvalue weighted by Gasteiger charge is -2.07. The molecule has 2 aromatic heterocycles. The highest BCUT2D eigenvalue weighted by atomic mass is 35.5. The molecule has 2 heterocycles. The molecule has 0 saturated carbocycles. The number of nitrogens with one attached hydrogen (secondary N) is 2. The lowest BCUT2D eigenvalue weighted by atomic mass is 10.3. The van der Waals surface area contributed by atoms with E-state index in [1.807, 2.05) is 0 Å². The molecule has 0 unspecified atom stereocenters. The minimum absolute atomic E-state index is 0.137. The summed E-state index contributed by atoms with van der Waals surface area (Å²) in [5.41, 5.74) is 0.855. The van der Waals surface area contributed by atoms with Crippen molar-refractivity contribution in [1.82, 2.24) is 0 Å². The number of hydrogen-bond donors (Lipinski definition) is 2. The Bertz CT molecular complexity index is 1060. The Labute approximate surface area is 173 Å². The quantitative estimate of drug-likeness (QED) is 0.555. The number of halogens is 2. The fraction of sp³-hybridized carbons (Fsp3) is 0.105. The molecule has 0 bridgehead atoms. The summed E-state index contributed by atoms with van der Waals surface area (Å²) in [6.07, 6.45) is 1.38. The van der Waals surface area contributed by atoms with Crippen LogP contribution < -0.4 is 10.6 Å². The minimum Gasteiger partial charge on any atom is -0.459 e. The number of aryl methyl sites for hydroxylation is 1. The van der Waals surface area contributed by atoms with Crippen LogP contribution in [0, 0.1) is 12.7 Å². The van der Waals surface area contributed by atoms with Gasteiger partial charge in [0.05, 0.1) is 16.3 Å². The van der Waals surface area contributed by atoms with Crippen LogP contribution >= 0.6 is 22.9 Å². The van der Waals surface area contributed by atoms with Crippen molar-refractivity contribution < 1.29 is 27.9 Å². The van der Waals surface area contributed by atoms with Crippen LogP contribution in [0.3, 0.4) is 0 Å². The molecule has 7 nitrogen and oxygen atoms in total. The van der Waals surface area contributed by atoms with Crippen molar-refractivity contribution in [2.45, 2.75) is 6.92 Å². The Hall–Kier alpha value is -3.17. The second-order valence-electron chi connectivity index (χ2n) is 5.81. The van der Waals surface area contributed by atoms with Crippen molar-refractivity contribution in [1.29, 1.82) is 0 Å². The molecule has 0 aliphatic heterocycles. The Kier molecular flexibility index (Phi) is 6.30. The molecule has 0 fully saturated rings. The number of ether oxygens (including phenoxy) is 1. The Morgan fingerprint density at radius 1 is 1.21 bits per heavy atom. The van der Waals surface area contributed by atoms with Crippen molar-refractivity contribution >= 4 is 51.4 Å². The predicted molar refractivity (Wildman–Crippen MR) is 106 cm³/mol. The normalized spacial score (nSPS) is 10.4. The van der Waals surface area contributed by atoms with E-state index in [0.29, 0.717) is 10.6 Å². The van der Waals surface area contributed by atoms with Gasteiger partial charge < -0.3 is 19.8 Å². The third kappa shape index (κ3) is 5.21. The first kappa shape index (κ1) is 20.6. The van der Waals surface area contributed by atoms with Gasteiger partial charge in [0.2, 0.25) is 0 Å². The van der Waals surface area contributed by atoms with E-state index in [2.05, 4.69) is 10.6 Å². The van der Waals surface area contributed by atoms with Crippen molar-refractivity contribution in [3.8, 4) is 0 Å². The molecule has 3 rings (SSSR count). The molecular formula is C19H14ClFN2O5S. The van der Waals surface area contributed by atoms with Crippen LogP contribution in [0.25, 0.3) is 0 Å². The van der Waals surface area contributed by atoms with Gasteiger partial charge >= 0.3 is 5.97 Å². The molecule has 0 aliphatic rings. The predicted octanol–water partition coefficient (Wildman–Crippen LogP) is 4.49. The number of esters is 1. The number of hydrogen-bond acceptors (Lipinski definition) is 6. The van der Waals surface area contributed by atoms with E-state index < -0.39 is 30.2 Å². The minimum atomic E-state index is -0.710. The first-order valence-corrected chi connectivity index (χ1v) is 9.40. The fourth-order valence-corrected chi connectivity index (χ4v) is 3.44. The van der Waals surface area contributed by atoms with Crippen molar-refractivity contribution in [3.05, 3.63) is 69.7 Å². The smallest absolute Gasteiger partial charge is 0.349 e. The Morgan fingerprint density at radius 3 is 2.69 bits per heavy atom. The number of benzene rings is 1. The average Bonchev–Trinajstić information content (AvgIpc) is 3.33. The zero-order chi connectivity index (χ0) is 21.0. The number of carbonyl (C=O) groups excluding carboxylic acids is 3. The summed E-state index contributed by atoms with van der Waals surface area (Å²) in [5.74, 6) is -2.25. The summed E-state index contributed by atoms with van der Waals surface area (Å²) in [4.78, 5) is 36.4. The summed E-state index contributed by atoms with van der Waals surface area (Å²) in [6.45, 7) is 1.13. The van der Waals surface area contributed by atoms with Crippen LogP contribution in [0.5, 0.6) is 0 Å². The van der Waals surface area contributed by atoms with Gasteiger partial charge in [0.25, 0.3) is 11.8 Å². The lowest BCUT2D eigenvalue weighted by Crippen LogP contribution is -2.20. The van der Waals surface area contributed by atoms with Crippen LogP contribution in [-0.4, -0.2) is 24.4 Å². The molecule has 150 valence electrons. The average molecular weight is 437 g/mol. The molecule has 1 aromatic carbocycles. The van der Waals surface area contributed by atoms with E-state index in [9.17, 15) is 18.8 Å². The first-order valence-electron chi connectivity index (χ1n) is 8.21. The second-order valence-corrected chi connectivity index (χ2v) is 7.27. The lowest BCUT2D eigenvalue weighted by molar-refractivity contribution is -0.119. The number of furan rings is 1. The number of thiophene rings is 1. The molecule has 29 heavy (non-hydrogen) atoms. The molecule has 2 N–H and O–H groups in total. The molecule has 0 radical (unpaired) electrons. The summed E-state index contributed by atoms with van der Waals surface area (Å²) < 4.78 is 23.1. The van der Waals surface area contributed by atoms with Gasteiger partial charge in [-0.15, -0.1) is 11.3 Å². The van der Waals surface area contributed by atoms with Crippen LogP contribution in [0.2, 0.25) is 5.02 Å². The van der Waals surface area contributed by atoms with E-state index >= 15 is 0 Å². The van der Waals surface area contributed by atoms with Gasteiger partial charge in [-0.1, -0.05) is 11.6 Å². The molecule has 0 atom stereocenters. The van der Waals surface area contributed by atoms with Crippen LogP contribution in [0.4, 0.5) is 15.1 Å². The largest absolute Gasteiger partial charge is 0.459 e. The van der Waals surface area contributed by atoms with Gasteiger partial charge in [0.15, 0.2) is 12.4 Å². The second kappa shape index (κ2) is 8.89. The number of rotatable bonds is 6. The Balaban J connectivity index is 1.56. The standard InChI is InChI=1S/C19H14ClFN2O5S/c1-10-7-16(23-18(25)14-3-2-6-27-14)29-17(10)19(26)28-9-15(24)22-11-4-5-13(21)12(20)8-11/h2-8H,9H2,1H3,(H,22,24)(H,23,25). The zero-order valence-corrected chi connectivity index (χ0v) is 16.5. The van der Waals surface area contributed by atoms with Gasteiger partial charge in [-0.2, -0.15) is 0 Å². The summed E-state index contributed by atoms with van der Waals surface area (Å²) in [7, 11) is 0. The first-order chi connectivity index (χ1) is 13.8. The van der Waals surface area contributed by atoms with E-state index in [4.69, 9.17) is 20.8 Å². The maximum atomic E-state index is 13.1. The highest BCUT2D eigenvalue weighted by molar-refractivity contribution is 7.18. The number of anilines is 2. The topological polar surface area (TPSA) is 97.6 Å². The highest BCUT2D eigenvalue weighted by Crippen LogP contribution is 2.28. The van der Waals surface area contributed by atoms with Gasteiger partial charge in [-0.05, 0) is 48.9 Å². The van der Waals surface area contributed by atoms with Gasteiger partial charge in [0, 0.05) is 5.69 Å². The van der Waals surface area contributed by atoms with Gasteiger partial charge in [-0.3, -0.25) is 9.59 Å². The van der Waals surface area contributed by atoms with Crippen molar-refractivity contribution in [3.63, 3.8) is 0 Å². The maximum Gasteiger partial charge on any atom is 0.349 e. The molecule has 10 heteroatoms. The van der Waals surface area contributed by atoms with E-state index in [1.54, 1.807) is 19.1 Å². The van der Waals surface area contributed by atoms with Crippen molar-refractivity contribution in [2.75, 3.05) is 17.2 Å². The number of carbonyl (C=O) groups is 3. The van der Waals surface area contributed by atoms with Crippen molar-refractivity contribution in [2.24, 2.45) is 0 Å². The molecule has 2 amide bonds. The molecule has 0 spiro atoms. The van der Waals surface area contributed by atoms with E-state index in [1.165, 1.54) is 24.5 Å². The third-order valence-electron chi connectivity index (χ3n) is 3.62. The molecule has 0 saturated heterocycles. The zero-order valence-electron chi connectivity index (χ0n) is 15.0. The SMILES string of the molecule is Cc1cc(NC(=O)c2ccco2)sc1C(=O)OCC(=O)Nc1ccc(F)c(Cl)c1. The molecular weight excluding hydrogens is 423 g/mol. The number of amides is 2.